The third-order valence-corrected chi connectivity index (χ3v) is 8.00. The van der Waals surface area contributed by atoms with Gasteiger partial charge in [-0.3, -0.25) is 14.6 Å². The molecule has 0 N–H and O–H groups in total. The van der Waals surface area contributed by atoms with E-state index >= 15 is 0 Å². The van der Waals surface area contributed by atoms with Gasteiger partial charge in [0.25, 0.3) is 0 Å². The van der Waals surface area contributed by atoms with Crippen LogP contribution < -0.4 is 34.8 Å². The van der Waals surface area contributed by atoms with Crippen molar-refractivity contribution in [2.45, 2.75) is 99.3 Å². The number of hydrogen-bond acceptors (Lipinski definition) is 8. The van der Waals surface area contributed by atoms with Gasteiger partial charge >= 0.3 is 77.3 Å². The predicted molar refractivity (Wildman–Crippen MR) is 111 cm³/mol. The molecule has 1 aliphatic heterocycles. The molecule has 1 aliphatic rings. The fraction of sp³-hybridized carbons (Fsp3) is 0.905. The summed E-state index contributed by atoms with van der Waals surface area (Å²) in [5, 5.41) is 13.7. The van der Waals surface area contributed by atoms with Gasteiger partial charge in [0.05, 0.1) is 31.7 Å². The maximum atomic E-state index is 14.0. The Morgan fingerprint density at radius 3 is 1.91 bits per heavy atom. The molecule has 2 atom stereocenters. The van der Waals surface area contributed by atoms with Crippen molar-refractivity contribution in [1.82, 2.24) is 0 Å². The molecule has 22 heteroatoms. The van der Waals surface area contributed by atoms with Crippen molar-refractivity contribution in [3.05, 3.63) is 0 Å². The molecule has 0 aliphatic carbocycles. The number of carbonyl (C=O) groups excluding carboxylic acids is 2. The molecule has 1 heterocycles. The maximum Gasteiger partial charge on any atom is 1.00 e. The molecule has 0 amide bonds. The quantitative estimate of drug-likeness (QED) is 0.0464. The number of rotatable bonds is 16. The second-order valence-corrected chi connectivity index (χ2v) is 10.4. The van der Waals surface area contributed by atoms with Crippen LogP contribution in [0.25, 0.3) is 0 Å². The van der Waals surface area contributed by atoms with Crippen LogP contribution in [0.3, 0.4) is 0 Å². The third kappa shape index (κ3) is 7.64. The van der Waals surface area contributed by atoms with E-state index in [1.54, 1.807) is 6.92 Å². The first-order valence-corrected chi connectivity index (χ1v) is 12.6. The molecule has 0 aromatic rings. The van der Waals surface area contributed by atoms with Gasteiger partial charge in [-0.05, 0) is 19.3 Å². The van der Waals surface area contributed by atoms with Crippen LogP contribution in [0.4, 0.5) is 57.1 Å². The Kier molecular flexibility index (Phi) is 14.5. The number of alkyl halides is 13. The van der Waals surface area contributed by atoms with Crippen LogP contribution in [-0.4, -0.2) is 65.7 Å². The van der Waals surface area contributed by atoms with Gasteiger partial charge in [0, 0.05) is 11.8 Å². The Labute approximate surface area is 261 Å². The van der Waals surface area contributed by atoms with Crippen molar-refractivity contribution in [3.63, 3.8) is 0 Å². The first kappa shape index (κ1) is 42.3. The normalized spacial score (nSPS) is 22.6. The molecule has 0 saturated carbocycles. The van der Waals surface area contributed by atoms with Gasteiger partial charge in [-0.1, -0.05) is 26.7 Å². The van der Waals surface area contributed by atoms with Crippen LogP contribution in [0, 0.1) is 5.41 Å². The van der Waals surface area contributed by atoms with Crippen molar-refractivity contribution in [3.8, 4) is 0 Å². The van der Waals surface area contributed by atoms with Gasteiger partial charge in [0.1, 0.15) is 0 Å². The number of ether oxygens (including phenoxy) is 2. The number of unbranched alkanes of at least 4 members (excludes halogenated alkanes) is 1. The van der Waals surface area contributed by atoms with E-state index in [1.807, 2.05) is 0 Å². The maximum absolute atomic E-state index is 14.0. The summed E-state index contributed by atoms with van der Waals surface area (Å²) in [5.41, 5.74) is -1.34. The molecule has 1 saturated heterocycles. The number of hydrogen-bond donors (Lipinski definition) is 0. The molecule has 7 nitrogen and oxygen atoms in total. The van der Waals surface area contributed by atoms with E-state index < -0.39 is 90.4 Å². The summed E-state index contributed by atoms with van der Waals surface area (Å²) >= 11 is -0.00688. The molecule has 0 spiro atoms. The van der Waals surface area contributed by atoms with E-state index in [0.29, 0.717) is 12.8 Å². The van der Waals surface area contributed by atoms with E-state index in [1.165, 1.54) is 6.92 Å². The van der Waals surface area contributed by atoms with E-state index in [0.717, 1.165) is 0 Å². The molecule has 1 rings (SSSR count). The average molecular weight is 690 g/mol. The summed E-state index contributed by atoms with van der Waals surface area (Å²) < 4.78 is 184. The van der Waals surface area contributed by atoms with E-state index in [-0.39, 0.29) is 54.4 Å². The summed E-state index contributed by atoms with van der Waals surface area (Å²) in [5.74, 6) is -40.1. The summed E-state index contributed by atoms with van der Waals surface area (Å²) in [6.07, 6.45) is -11.4. The molecular formula is C21H24F13NaO7S. The smallest absolute Gasteiger partial charge is 0.691 e. The first-order chi connectivity index (χ1) is 18.9. The second kappa shape index (κ2) is 14.8. The number of halogens is 13. The van der Waals surface area contributed by atoms with Crippen molar-refractivity contribution < 1.29 is 120 Å². The summed E-state index contributed by atoms with van der Waals surface area (Å²) in [6.45, 7) is 1.45. The van der Waals surface area contributed by atoms with Crippen molar-refractivity contribution >= 4 is 24.0 Å². The second-order valence-electron chi connectivity index (χ2n) is 9.36. The Morgan fingerprint density at radius 2 is 1.44 bits per heavy atom. The summed E-state index contributed by atoms with van der Waals surface area (Å²) in [6, 6.07) is 0. The molecule has 0 aromatic carbocycles. The van der Waals surface area contributed by atoms with Crippen LogP contribution in [0.5, 0.6) is 0 Å². The first-order valence-electron chi connectivity index (χ1n) is 11.8. The van der Waals surface area contributed by atoms with Gasteiger partial charge in [-0.15, -0.1) is 0 Å². The molecule has 2 unspecified atom stereocenters. The number of carbonyl (C=O) groups is 2. The predicted octanol–water partition coefficient (Wildman–Crippen LogP) is 3.20. The van der Waals surface area contributed by atoms with Crippen LogP contribution in [0.1, 0.15) is 58.8 Å². The van der Waals surface area contributed by atoms with Crippen LogP contribution in [-0.2, 0) is 28.4 Å². The van der Waals surface area contributed by atoms with Crippen LogP contribution >= 0.6 is 12.0 Å². The SMILES string of the molecule is CCCCC1(CC)COC(=O)CC1(SOO[O-])C(=O)OCCCC(F)(F)C(F)(F)C(F)(F)C(F)(F)C(F)(F)C(F)(F)F.[Na+]. The summed E-state index contributed by atoms with van der Waals surface area (Å²) in [4.78, 5) is 25.1. The van der Waals surface area contributed by atoms with Gasteiger partial charge in [-0.2, -0.15) is 61.4 Å². The number of esters is 2. The van der Waals surface area contributed by atoms with Crippen molar-refractivity contribution in [2.24, 2.45) is 5.41 Å². The van der Waals surface area contributed by atoms with E-state index in [4.69, 9.17) is 9.47 Å². The zero-order chi connectivity index (χ0) is 33.1. The minimum absolute atomic E-state index is 0. The molecule has 0 radical (unpaired) electrons. The molecule has 248 valence electrons. The van der Waals surface area contributed by atoms with E-state index in [2.05, 4.69) is 9.37 Å². The van der Waals surface area contributed by atoms with Gasteiger partial charge in [0.2, 0.25) is 0 Å². The third-order valence-electron chi connectivity index (χ3n) is 6.85. The largest absolute Gasteiger partial charge is 1.00 e. The monoisotopic (exact) mass is 690 g/mol. The van der Waals surface area contributed by atoms with Gasteiger partial charge < -0.3 is 14.7 Å². The zero-order valence-corrected chi connectivity index (χ0v) is 25.4. The fourth-order valence-electron chi connectivity index (χ4n) is 4.18. The van der Waals surface area contributed by atoms with Crippen LogP contribution in [0.15, 0.2) is 0 Å². The standard InChI is InChI=1S/C21H25F13O7S.Na/c1-3-5-7-14(4-2)11-39-12(35)10-15(14,42-41-40-37)13(36)38-9-6-8-16(22,23)17(24,25)18(26,27)19(28,29)20(30,31)21(32,33)34;/h37H,3-11H2,1-2H3;/q;+1/p-1. The Hall–Kier alpha value is -0.740. The van der Waals surface area contributed by atoms with E-state index in [9.17, 15) is 71.9 Å². The Balaban J connectivity index is 0.0000176. The summed E-state index contributed by atoms with van der Waals surface area (Å²) in [7, 11) is 0. The Morgan fingerprint density at radius 1 is 0.907 bits per heavy atom. The molecule has 0 aromatic heterocycles. The number of cyclic esters (lactones) is 1. The minimum atomic E-state index is -8.03. The molecule has 43 heavy (non-hydrogen) atoms. The van der Waals surface area contributed by atoms with Crippen molar-refractivity contribution in [1.29, 1.82) is 0 Å². The van der Waals surface area contributed by atoms with Gasteiger partial charge in [0.15, 0.2) is 4.75 Å². The molecule has 1 fully saturated rings. The van der Waals surface area contributed by atoms with Crippen molar-refractivity contribution in [2.75, 3.05) is 13.2 Å². The molecule has 0 bridgehead atoms. The van der Waals surface area contributed by atoms with Crippen LogP contribution in [0.2, 0.25) is 0 Å². The zero-order valence-electron chi connectivity index (χ0n) is 22.5. The fourth-order valence-corrected chi connectivity index (χ4v) is 5.11. The minimum Gasteiger partial charge on any atom is -0.691 e. The Bertz CT molecular complexity index is 955. The average Bonchev–Trinajstić information content (AvgIpc) is 2.88. The molecular weight excluding hydrogens is 666 g/mol. The van der Waals surface area contributed by atoms with Gasteiger partial charge in [-0.25, -0.2) is 0 Å². The topological polar surface area (TPSA) is 94.1 Å².